The van der Waals surface area contributed by atoms with Crippen molar-refractivity contribution >= 4 is 7.60 Å². The predicted molar refractivity (Wildman–Crippen MR) is 67.8 cm³/mol. The second-order valence-corrected chi connectivity index (χ2v) is 6.06. The van der Waals surface area contributed by atoms with E-state index in [1.54, 1.807) is 0 Å². The molecule has 96 valence electrons. The summed E-state index contributed by atoms with van der Waals surface area (Å²) < 4.78 is 21.9. The molecule has 0 amide bonds. The first-order chi connectivity index (χ1) is 7.53. The van der Waals surface area contributed by atoms with Crippen LogP contribution in [-0.4, -0.2) is 38.8 Å². The van der Waals surface area contributed by atoms with E-state index in [2.05, 4.69) is 25.3 Å². The number of hydrogen-bond acceptors (Lipinski definition) is 4. The van der Waals surface area contributed by atoms with Gasteiger partial charge < -0.3 is 9.05 Å². The Bertz CT molecular complexity index is 242. The van der Waals surface area contributed by atoms with Crippen LogP contribution in [0, 0.1) is 0 Å². The van der Waals surface area contributed by atoms with Crippen molar-refractivity contribution in [3.8, 4) is 0 Å². The Labute approximate surface area is 99.1 Å². The second-order valence-electron chi connectivity index (χ2n) is 3.70. The van der Waals surface area contributed by atoms with Crippen LogP contribution in [0.5, 0.6) is 0 Å². The minimum Gasteiger partial charge on any atom is -0.309 e. The summed E-state index contributed by atoms with van der Waals surface area (Å²) in [6.07, 6.45) is 2.13. The molecule has 0 bridgehead atoms. The van der Waals surface area contributed by atoms with Gasteiger partial charge in [0.05, 0.1) is 0 Å². The molecule has 0 spiro atoms. The summed E-state index contributed by atoms with van der Waals surface area (Å²) in [6.45, 7) is 10.6. The molecule has 0 rings (SSSR count). The summed E-state index contributed by atoms with van der Waals surface area (Å²) in [4.78, 5) is 2.22. The first-order valence-electron chi connectivity index (χ1n) is 5.66. The lowest BCUT2D eigenvalue weighted by molar-refractivity contribution is 0.267. The zero-order valence-electron chi connectivity index (χ0n) is 10.9. The maximum atomic E-state index is 12.0. The van der Waals surface area contributed by atoms with E-state index in [1.807, 2.05) is 0 Å². The van der Waals surface area contributed by atoms with Crippen LogP contribution in [0.25, 0.3) is 0 Å². The SMILES string of the molecule is C=C(CN(CCC)CCC)P(=O)(OC)OC. The van der Waals surface area contributed by atoms with Gasteiger partial charge in [0, 0.05) is 26.1 Å². The third-order valence-electron chi connectivity index (χ3n) is 2.35. The van der Waals surface area contributed by atoms with Crippen LogP contribution >= 0.6 is 7.60 Å². The monoisotopic (exact) mass is 249 g/mol. The van der Waals surface area contributed by atoms with Crippen LogP contribution in [0.2, 0.25) is 0 Å². The Morgan fingerprint density at radius 2 is 1.62 bits per heavy atom. The lowest BCUT2D eigenvalue weighted by Crippen LogP contribution is -2.27. The molecule has 0 atom stereocenters. The zero-order valence-corrected chi connectivity index (χ0v) is 11.8. The number of nitrogens with zero attached hydrogens (tertiary/aromatic N) is 1. The van der Waals surface area contributed by atoms with Gasteiger partial charge in [-0.25, -0.2) is 0 Å². The smallest absolute Gasteiger partial charge is 0.309 e. The summed E-state index contributed by atoms with van der Waals surface area (Å²) in [5, 5.41) is 0.527. The maximum absolute atomic E-state index is 12.0. The Morgan fingerprint density at radius 3 is 1.94 bits per heavy atom. The molecule has 5 heteroatoms. The van der Waals surface area contributed by atoms with Crippen molar-refractivity contribution in [2.24, 2.45) is 0 Å². The third kappa shape index (κ3) is 4.79. The van der Waals surface area contributed by atoms with Gasteiger partial charge in [0.2, 0.25) is 0 Å². The molecule has 0 unspecified atom stereocenters. The molecule has 0 aromatic rings. The molecule has 0 saturated carbocycles. The van der Waals surface area contributed by atoms with E-state index in [0.29, 0.717) is 11.9 Å². The fourth-order valence-corrected chi connectivity index (χ4v) is 2.62. The van der Waals surface area contributed by atoms with Gasteiger partial charge in [-0.3, -0.25) is 9.46 Å². The first-order valence-corrected chi connectivity index (χ1v) is 7.20. The van der Waals surface area contributed by atoms with Gasteiger partial charge in [-0.2, -0.15) is 0 Å². The summed E-state index contributed by atoms with van der Waals surface area (Å²) in [5.41, 5.74) is 0. The largest absolute Gasteiger partial charge is 0.357 e. The van der Waals surface area contributed by atoms with Gasteiger partial charge in [0.1, 0.15) is 0 Å². The van der Waals surface area contributed by atoms with E-state index < -0.39 is 7.60 Å². The molecule has 0 radical (unpaired) electrons. The summed E-state index contributed by atoms with van der Waals surface area (Å²) in [6, 6.07) is 0. The molecule has 0 aromatic carbocycles. The van der Waals surface area contributed by atoms with Crippen LogP contribution in [0.15, 0.2) is 11.9 Å². The van der Waals surface area contributed by atoms with Crippen molar-refractivity contribution < 1.29 is 13.6 Å². The standard InChI is InChI=1S/C11H24NO3P/c1-6-8-12(9-7-2)10-11(3)16(13,14-4)15-5/h3,6-10H2,1-2,4-5H3. The van der Waals surface area contributed by atoms with Crippen LogP contribution in [0.1, 0.15) is 26.7 Å². The van der Waals surface area contributed by atoms with E-state index >= 15 is 0 Å². The maximum Gasteiger partial charge on any atom is 0.357 e. The molecular formula is C11H24NO3P. The van der Waals surface area contributed by atoms with Crippen molar-refractivity contribution in [1.29, 1.82) is 0 Å². The predicted octanol–water partition coefficient (Wildman–Crippen LogP) is 3.11. The Kier molecular flexibility index (Phi) is 7.94. The molecule has 0 fully saturated rings. The molecule has 0 saturated heterocycles. The first kappa shape index (κ1) is 15.9. The highest BCUT2D eigenvalue weighted by Crippen LogP contribution is 2.53. The van der Waals surface area contributed by atoms with Crippen molar-refractivity contribution in [2.45, 2.75) is 26.7 Å². The topological polar surface area (TPSA) is 38.8 Å². The van der Waals surface area contributed by atoms with Crippen LogP contribution in [-0.2, 0) is 13.6 Å². The van der Waals surface area contributed by atoms with Crippen LogP contribution in [0.4, 0.5) is 0 Å². The molecular weight excluding hydrogens is 225 g/mol. The summed E-state index contributed by atoms with van der Waals surface area (Å²) >= 11 is 0. The fourth-order valence-electron chi connectivity index (χ4n) is 1.58. The molecule has 0 aliphatic heterocycles. The average Bonchev–Trinajstić information content (AvgIpc) is 2.28. The Morgan fingerprint density at radius 1 is 1.19 bits per heavy atom. The normalized spacial score (nSPS) is 12.1. The minimum absolute atomic E-state index is 0.527. The highest BCUT2D eigenvalue weighted by atomic mass is 31.2. The van der Waals surface area contributed by atoms with Gasteiger partial charge in [0.25, 0.3) is 0 Å². The van der Waals surface area contributed by atoms with Crippen molar-refractivity contribution in [3.05, 3.63) is 11.9 Å². The minimum atomic E-state index is -3.11. The summed E-state index contributed by atoms with van der Waals surface area (Å²) in [5.74, 6) is 0. The van der Waals surface area contributed by atoms with E-state index in [9.17, 15) is 4.57 Å². The van der Waals surface area contributed by atoms with Crippen molar-refractivity contribution in [3.63, 3.8) is 0 Å². The molecule has 0 aliphatic rings. The average molecular weight is 249 g/mol. The second kappa shape index (κ2) is 8.02. The highest BCUT2D eigenvalue weighted by molar-refractivity contribution is 7.58. The van der Waals surface area contributed by atoms with Gasteiger partial charge >= 0.3 is 7.60 Å². The van der Waals surface area contributed by atoms with Crippen LogP contribution in [0.3, 0.4) is 0 Å². The van der Waals surface area contributed by atoms with E-state index in [1.165, 1.54) is 14.2 Å². The molecule has 0 aromatic heterocycles. The zero-order chi connectivity index (χ0) is 12.6. The molecule has 0 heterocycles. The van der Waals surface area contributed by atoms with Gasteiger partial charge in [-0.05, 0) is 25.9 Å². The number of hydrogen-bond donors (Lipinski definition) is 0. The lowest BCUT2D eigenvalue weighted by atomic mass is 10.3. The third-order valence-corrected chi connectivity index (χ3v) is 4.23. The molecule has 0 N–H and O–H groups in total. The molecule has 16 heavy (non-hydrogen) atoms. The van der Waals surface area contributed by atoms with Crippen LogP contribution < -0.4 is 0 Å². The van der Waals surface area contributed by atoms with Crippen molar-refractivity contribution in [1.82, 2.24) is 4.90 Å². The van der Waals surface area contributed by atoms with E-state index in [0.717, 1.165) is 25.9 Å². The van der Waals surface area contributed by atoms with Gasteiger partial charge in [0.15, 0.2) is 0 Å². The molecule has 4 nitrogen and oxygen atoms in total. The van der Waals surface area contributed by atoms with Gasteiger partial charge in [-0.1, -0.05) is 20.4 Å². The highest BCUT2D eigenvalue weighted by Gasteiger charge is 2.26. The van der Waals surface area contributed by atoms with E-state index in [-0.39, 0.29) is 0 Å². The lowest BCUT2D eigenvalue weighted by Gasteiger charge is -2.24. The van der Waals surface area contributed by atoms with Crippen molar-refractivity contribution in [2.75, 3.05) is 33.9 Å². The molecule has 0 aliphatic carbocycles. The summed E-state index contributed by atoms with van der Waals surface area (Å²) in [7, 11) is -0.333. The van der Waals surface area contributed by atoms with Gasteiger partial charge in [-0.15, -0.1) is 0 Å². The Hall–Kier alpha value is -0.150. The fraction of sp³-hybridized carbons (Fsp3) is 0.818. The quantitative estimate of drug-likeness (QED) is 0.588. The Balaban J connectivity index is 4.43. The number of rotatable bonds is 9. The van der Waals surface area contributed by atoms with E-state index in [4.69, 9.17) is 9.05 Å².